The molecule has 0 radical (unpaired) electrons. The van der Waals surface area contributed by atoms with Gasteiger partial charge in [0.05, 0.1) is 0 Å². The first-order valence-corrected chi connectivity index (χ1v) is 3.67. The summed E-state index contributed by atoms with van der Waals surface area (Å²) in [5.74, 6) is 0.785. The van der Waals surface area contributed by atoms with E-state index < -0.39 is 0 Å². The molecule has 0 amide bonds. The van der Waals surface area contributed by atoms with Gasteiger partial charge in [0.15, 0.2) is 0 Å². The monoisotopic (exact) mass is 163 g/mol. The largest absolute Gasteiger partial charge is 0.315 e. The molecule has 0 aromatic carbocycles. The smallest absolute Gasteiger partial charge is 0.0124 e. The first-order valence-electron chi connectivity index (χ1n) is 3.67. The summed E-state index contributed by atoms with van der Waals surface area (Å²) in [5, 5.41) is 3.27. The van der Waals surface area contributed by atoms with E-state index in [-0.39, 0.29) is 13.5 Å². The highest BCUT2D eigenvalue weighted by molar-refractivity contribution is 7.59. The molecule has 0 aromatic rings. The highest BCUT2D eigenvalue weighted by atomic mass is 32.1. The van der Waals surface area contributed by atoms with Crippen LogP contribution >= 0.6 is 13.5 Å². The minimum absolute atomic E-state index is 0. The molecule has 0 atom stereocenters. The minimum atomic E-state index is 0. The van der Waals surface area contributed by atoms with E-state index >= 15 is 0 Å². The van der Waals surface area contributed by atoms with Crippen molar-refractivity contribution in [2.75, 3.05) is 7.05 Å². The third-order valence-electron chi connectivity index (χ3n) is 1.60. The molecule has 0 saturated heterocycles. The Bertz CT molecular complexity index is 79.3. The van der Waals surface area contributed by atoms with Crippen molar-refractivity contribution < 1.29 is 0 Å². The molecule has 0 spiro atoms. The normalized spacial score (nSPS) is 11.4. The maximum Gasteiger partial charge on any atom is 0.0124 e. The Morgan fingerprint density at radius 2 is 1.70 bits per heavy atom. The molecule has 1 nitrogen and oxygen atoms in total. The van der Waals surface area contributed by atoms with E-state index in [0.717, 1.165) is 5.92 Å². The molecular formula is C8H21NS. The van der Waals surface area contributed by atoms with Gasteiger partial charge in [-0.1, -0.05) is 13.8 Å². The molecule has 0 saturated carbocycles. The molecule has 0 aliphatic carbocycles. The molecule has 0 heterocycles. The second kappa shape index (κ2) is 5.03. The number of rotatable bonds is 3. The Balaban J connectivity index is 0. The van der Waals surface area contributed by atoms with Crippen molar-refractivity contribution in [3.05, 3.63) is 0 Å². The van der Waals surface area contributed by atoms with Crippen LogP contribution in [0.2, 0.25) is 0 Å². The van der Waals surface area contributed by atoms with Gasteiger partial charge < -0.3 is 5.32 Å². The van der Waals surface area contributed by atoms with Gasteiger partial charge in [-0.3, -0.25) is 0 Å². The zero-order valence-electron chi connectivity index (χ0n) is 7.78. The van der Waals surface area contributed by atoms with E-state index in [1.54, 1.807) is 0 Å². The van der Waals surface area contributed by atoms with Crippen molar-refractivity contribution in [1.29, 1.82) is 0 Å². The lowest BCUT2D eigenvalue weighted by Crippen LogP contribution is -2.37. The Labute approximate surface area is 72.0 Å². The molecule has 0 aliphatic rings. The highest BCUT2D eigenvalue weighted by Gasteiger charge is 2.15. The number of hydrogen-bond donors (Lipinski definition) is 1. The Kier molecular flexibility index (Phi) is 6.50. The summed E-state index contributed by atoms with van der Waals surface area (Å²) in [4.78, 5) is 0. The van der Waals surface area contributed by atoms with Crippen molar-refractivity contribution in [1.82, 2.24) is 5.32 Å². The highest BCUT2D eigenvalue weighted by Crippen LogP contribution is 2.13. The lowest BCUT2D eigenvalue weighted by Gasteiger charge is -2.25. The lowest BCUT2D eigenvalue weighted by molar-refractivity contribution is 0.340. The molecule has 0 aromatic heterocycles. The summed E-state index contributed by atoms with van der Waals surface area (Å²) in [5.41, 5.74) is 0.314. The van der Waals surface area contributed by atoms with E-state index in [1.807, 2.05) is 7.05 Å². The molecule has 0 bridgehead atoms. The fourth-order valence-corrected chi connectivity index (χ4v) is 1.12. The Morgan fingerprint density at radius 3 is 1.80 bits per heavy atom. The van der Waals surface area contributed by atoms with Crippen LogP contribution in [0.25, 0.3) is 0 Å². The summed E-state index contributed by atoms with van der Waals surface area (Å²) in [6.45, 7) is 8.96. The standard InChI is InChI=1S/C8H19N.H2S/c1-7(2)6-8(3,4)9-5;/h7,9H,6H2,1-5H3;1H2. The second-order valence-corrected chi connectivity index (χ2v) is 3.73. The number of hydrogen-bond acceptors (Lipinski definition) is 1. The fraction of sp³-hybridized carbons (Fsp3) is 1.00. The van der Waals surface area contributed by atoms with Gasteiger partial charge in [-0.15, -0.1) is 0 Å². The van der Waals surface area contributed by atoms with Crippen molar-refractivity contribution in [3.8, 4) is 0 Å². The fourth-order valence-electron chi connectivity index (χ4n) is 1.12. The van der Waals surface area contributed by atoms with E-state index in [4.69, 9.17) is 0 Å². The third-order valence-corrected chi connectivity index (χ3v) is 1.60. The van der Waals surface area contributed by atoms with E-state index in [9.17, 15) is 0 Å². The van der Waals surface area contributed by atoms with Crippen LogP contribution in [0.3, 0.4) is 0 Å². The Morgan fingerprint density at radius 1 is 1.30 bits per heavy atom. The molecule has 0 rings (SSSR count). The van der Waals surface area contributed by atoms with Crippen LogP contribution in [0.15, 0.2) is 0 Å². The topological polar surface area (TPSA) is 12.0 Å². The molecule has 1 N–H and O–H groups in total. The van der Waals surface area contributed by atoms with Gasteiger partial charge in [0.25, 0.3) is 0 Å². The molecule has 0 fully saturated rings. The van der Waals surface area contributed by atoms with E-state index in [2.05, 4.69) is 33.0 Å². The van der Waals surface area contributed by atoms with Gasteiger partial charge >= 0.3 is 0 Å². The van der Waals surface area contributed by atoms with Gasteiger partial charge in [0.1, 0.15) is 0 Å². The van der Waals surface area contributed by atoms with Crippen molar-refractivity contribution in [3.63, 3.8) is 0 Å². The molecule has 0 aliphatic heterocycles. The summed E-state index contributed by atoms with van der Waals surface area (Å²) >= 11 is 0. The minimum Gasteiger partial charge on any atom is -0.315 e. The van der Waals surface area contributed by atoms with Crippen LogP contribution in [0.1, 0.15) is 34.1 Å². The summed E-state index contributed by atoms with van der Waals surface area (Å²) in [7, 11) is 2.02. The molecule has 64 valence electrons. The summed E-state index contributed by atoms with van der Waals surface area (Å²) in [6, 6.07) is 0. The molecule has 2 heteroatoms. The predicted molar refractivity (Wildman–Crippen MR) is 53.0 cm³/mol. The van der Waals surface area contributed by atoms with Crippen molar-refractivity contribution in [2.24, 2.45) is 5.92 Å². The Hall–Kier alpha value is 0.310. The van der Waals surface area contributed by atoms with Crippen molar-refractivity contribution >= 4 is 13.5 Å². The van der Waals surface area contributed by atoms with Gasteiger partial charge in [-0.05, 0) is 33.2 Å². The van der Waals surface area contributed by atoms with Crippen LogP contribution in [0, 0.1) is 5.92 Å². The van der Waals surface area contributed by atoms with Crippen LogP contribution in [-0.2, 0) is 0 Å². The van der Waals surface area contributed by atoms with E-state index in [0.29, 0.717) is 5.54 Å². The number of nitrogens with one attached hydrogen (secondary N) is 1. The third kappa shape index (κ3) is 6.43. The molecular weight excluding hydrogens is 142 g/mol. The maximum absolute atomic E-state index is 3.27. The maximum atomic E-state index is 3.27. The molecule has 10 heavy (non-hydrogen) atoms. The average molecular weight is 163 g/mol. The zero-order valence-corrected chi connectivity index (χ0v) is 8.78. The summed E-state index contributed by atoms with van der Waals surface area (Å²) < 4.78 is 0. The van der Waals surface area contributed by atoms with Gasteiger partial charge in [0, 0.05) is 5.54 Å². The predicted octanol–water partition coefficient (Wildman–Crippen LogP) is 2.14. The zero-order chi connectivity index (χ0) is 7.49. The van der Waals surface area contributed by atoms with Crippen molar-refractivity contribution in [2.45, 2.75) is 39.7 Å². The van der Waals surface area contributed by atoms with Crippen LogP contribution in [0.5, 0.6) is 0 Å². The summed E-state index contributed by atoms with van der Waals surface area (Å²) in [6.07, 6.45) is 1.24. The van der Waals surface area contributed by atoms with Gasteiger partial charge in [-0.2, -0.15) is 13.5 Å². The second-order valence-electron chi connectivity index (χ2n) is 3.73. The quantitative estimate of drug-likeness (QED) is 0.672. The van der Waals surface area contributed by atoms with Gasteiger partial charge in [0.2, 0.25) is 0 Å². The first kappa shape index (κ1) is 12.9. The molecule has 0 unspecified atom stereocenters. The van der Waals surface area contributed by atoms with E-state index in [1.165, 1.54) is 6.42 Å². The van der Waals surface area contributed by atoms with Gasteiger partial charge in [-0.25, -0.2) is 0 Å². The first-order chi connectivity index (χ1) is 3.98. The van der Waals surface area contributed by atoms with Crippen LogP contribution < -0.4 is 5.32 Å². The SMILES string of the molecule is CNC(C)(C)CC(C)C.S. The lowest BCUT2D eigenvalue weighted by atomic mass is 9.93. The van der Waals surface area contributed by atoms with Crippen LogP contribution in [-0.4, -0.2) is 12.6 Å². The average Bonchev–Trinajstić information content (AvgIpc) is 1.63. The van der Waals surface area contributed by atoms with Crippen LogP contribution in [0.4, 0.5) is 0 Å².